The quantitative estimate of drug-likeness (QED) is 0.796. The first kappa shape index (κ1) is 22.0. The van der Waals surface area contributed by atoms with Gasteiger partial charge in [0.05, 0.1) is 5.69 Å². The fourth-order valence-corrected chi connectivity index (χ4v) is 3.50. The molecule has 0 radical (unpaired) electrons. The number of carbonyl (C=O) groups excluding carboxylic acids is 1. The highest BCUT2D eigenvalue weighted by Gasteiger charge is 2.31. The molecule has 3 heterocycles. The van der Waals surface area contributed by atoms with E-state index in [1.807, 2.05) is 33.8 Å². The smallest absolute Gasteiger partial charge is 0.410 e. The predicted octanol–water partition coefficient (Wildman–Crippen LogP) is 4.32. The Hall–Kier alpha value is -2.71. The van der Waals surface area contributed by atoms with Gasteiger partial charge in [-0.3, -0.25) is 0 Å². The van der Waals surface area contributed by atoms with Crippen LogP contribution in [-0.4, -0.2) is 50.3 Å². The molecular formula is C21H29F2N5O2. The number of anilines is 1. The van der Waals surface area contributed by atoms with Gasteiger partial charge in [-0.1, -0.05) is 0 Å². The molecule has 0 spiro atoms. The van der Waals surface area contributed by atoms with Crippen LogP contribution >= 0.6 is 0 Å². The van der Waals surface area contributed by atoms with Crippen LogP contribution in [0, 0.1) is 6.92 Å². The average molecular weight is 421 g/mol. The van der Waals surface area contributed by atoms with Crippen LogP contribution in [0.4, 0.5) is 19.4 Å². The van der Waals surface area contributed by atoms with Crippen LogP contribution in [0.3, 0.4) is 0 Å². The van der Waals surface area contributed by atoms with E-state index in [-0.39, 0.29) is 18.0 Å². The molecule has 1 fully saturated rings. The van der Waals surface area contributed by atoms with Crippen molar-refractivity contribution < 1.29 is 18.3 Å². The zero-order chi connectivity index (χ0) is 22.3. The highest BCUT2D eigenvalue weighted by Crippen LogP contribution is 2.30. The second kappa shape index (κ2) is 7.85. The van der Waals surface area contributed by atoms with E-state index in [1.165, 1.54) is 4.57 Å². The minimum atomic E-state index is -3.02. The van der Waals surface area contributed by atoms with Crippen LogP contribution < -0.4 is 5.32 Å². The molecule has 30 heavy (non-hydrogen) atoms. The standard InChI is InChI=1S/C21H29F2N5O2/c1-13-15(16-12-27(6)18(26-16)21(5,22)23)7-8-17(24-13)25-14-9-10-28(11-14)19(29)30-20(2,3)4/h7-8,12,14H,9-11H2,1-6H3,(H,24,25)/t14-/m0/s1. The van der Waals surface area contributed by atoms with Crippen LogP contribution in [0.2, 0.25) is 0 Å². The van der Waals surface area contributed by atoms with Crippen molar-refractivity contribution in [2.45, 2.75) is 58.6 Å². The Kier molecular flexibility index (Phi) is 5.75. The number of aromatic nitrogens is 3. The van der Waals surface area contributed by atoms with Crippen molar-refractivity contribution in [1.82, 2.24) is 19.4 Å². The van der Waals surface area contributed by atoms with E-state index in [0.29, 0.717) is 35.9 Å². The van der Waals surface area contributed by atoms with Gasteiger partial charge < -0.3 is 19.5 Å². The molecule has 2 aromatic rings. The summed E-state index contributed by atoms with van der Waals surface area (Å²) in [5, 5.41) is 3.34. The van der Waals surface area contributed by atoms with Gasteiger partial charge in [0.2, 0.25) is 0 Å². The highest BCUT2D eigenvalue weighted by molar-refractivity contribution is 5.69. The fraction of sp³-hybridized carbons (Fsp3) is 0.571. The fourth-order valence-electron chi connectivity index (χ4n) is 3.50. The van der Waals surface area contributed by atoms with Gasteiger partial charge in [-0.25, -0.2) is 14.8 Å². The second-order valence-electron chi connectivity index (χ2n) is 8.83. The van der Waals surface area contributed by atoms with E-state index in [4.69, 9.17) is 4.74 Å². The number of hydrogen-bond donors (Lipinski definition) is 1. The lowest BCUT2D eigenvalue weighted by atomic mass is 10.1. The summed E-state index contributed by atoms with van der Waals surface area (Å²) in [7, 11) is 1.55. The van der Waals surface area contributed by atoms with E-state index < -0.39 is 11.5 Å². The summed E-state index contributed by atoms with van der Waals surface area (Å²) in [6.45, 7) is 9.34. The van der Waals surface area contributed by atoms with E-state index in [2.05, 4.69) is 15.3 Å². The lowest BCUT2D eigenvalue weighted by Crippen LogP contribution is -2.36. The molecule has 1 atom stereocenters. The van der Waals surface area contributed by atoms with Crippen LogP contribution in [-0.2, 0) is 17.7 Å². The van der Waals surface area contributed by atoms with E-state index in [0.717, 1.165) is 13.3 Å². The van der Waals surface area contributed by atoms with E-state index >= 15 is 0 Å². The number of nitrogens with one attached hydrogen (secondary N) is 1. The molecule has 164 valence electrons. The molecule has 9 heteroatoms. The Morgan fingerprint density at radius 2 is 1.93 bits per heavy atom. The summed E-state index contributed by atoms with van der Waals surface area (Å²) in [5.41, 5.74) is 1.33. The molecule has 0 bridgehead atoms. The first-order chi connectivity index (χ1) is 13.8. The number of imidazole rings is 1. The number of hydrogen-bond acceptors (Lipinski definition) is 5. The molecule has 1 saturated heterocycles. The maximum absolute atomic E-state index is 13.7. The molecule has 1 amide bonds. The van der Waals surface area contributed by atoms with Crippen LogP contribution in [0.15, 0.2) is 18.3 Å². The zero-order valence-corrected chi connectivity index (χ0v) is 18.3. The van der Waals surface area contributed by atoms with Crippen LogP contribution in [0.25, 0.3) is 11.3 Å². The minimum Gasteiger partial charge on any atom is -0.444 e. The molecule has 1 aliphatic heterocycles. The molecule has 0 unspecified atom stereocenters. The van der Waals surface area contributed by atoms with Crippen LogP contribution in [0.5, 0.6) is 0 Å². The monoisotopic (exact) mass is 421 g/mol. The number of amides is 1. The number of carbonyl (C=O) groups is 1. The Morgan fingerprint density at radius 3 is 2.50 bits per heavy atom. The van der Waals surface area contributed by atoms with Crippen LogP contribution in [0.1, 0.15) is 45.6 Å². The number of alkyl halides is 2. The van der Waals surface area contributed by atoms with Crippen molar-refractivity contribution >= 4 is 11.9 Å². The summed E-state index contributed by atoms with van der Waals surface area (Å²) in [5.74, 6) is -2.63. The maximum Gasteiger partial charge on any atom is 0.410 e. The van der Waals surface area contributed by atoms with Crippen molar-refractivity contribution in [2.24, 2.45) is 7.05 Å². The Bertz CT molecular complexity index is 930. The summed E-state index contributed by atoms with van der Waals surface area (Å²) in [6, 6.07) is 3.69. The molecule has 2 aromatic heterocycles. The van der Waals surface area contributed by atoms with Gasteiger partial charge in [-0.2, -0.15) is 8.78 Å². The van der Waals surface area contributed by atoms with Crippen molar-refractivity contribution in [2.75, 3.05) is 18.4 Å². The predicted molar refractivity (Wildman–Crippen MR) is 111 cm³/mol. The highest BCUT2D eigenvalue weighted by atomic mass is 19.3. The Balaban J connectivity index is 1.68. The van der Waals surface area contributed by atoms with Gasteiger partial charge in [-0.15, -0.1) is 0 Å². The molecule has 0 aliphatic carbocycles. The molecule has 3 rings (SSSR count). The summed E-state index contributed by atoms with van der Waals surface area (Å²) in [6.07, 6.45) is 2.06. The Labute approximate surface area is 175 Å². The maximum atomic E-state index is 13.7. The second-order valence-corrected chi connectivity index (χ2v) is 8.83. The number of nitrogens with zero attached hydrogens (tertiary/aromatic N) is 4. The number of aryl methyl sites for hydroxylation is 2. The SMILES string of the molecule is Cc1nc(N[C@H]2CCN(C(=O)OC(C)(C)C)C2)ccc1-c1cn(C)c(C(C)(F)F)n1. The first-order valence-corrected chi connectivity index (χ1v) is 9.97. The first-order valence-electron chi connectivity index (χ1n) is 9.97. The summed E-state index contributed by atoms with van der Waals surface area (Å²) < 4.78 is 34.1. The zero-order valence-electron chi connectivity index (χ0n) is 18.3. The lowest BCUT2D eigenvalue weighted by molar-refractivity contribution is 0.00506. The van der Waals surface area contributed by atoms with Crippen molar-refractivity contribution in [3.8, 4) is 11.3 Å². The van der Waals surface area contributed by atoms with Crippen molar-refractivity contribution in [3.63, 3.8) is 0 Å². The Morgan fingerprint density at radius 1 is 1.23 bits per heavy atom. The third kappa shape index (κ3) is 5.06. The topological polar surface area (TPSA) is 72.3 Å². The molecule has 0 aromatic carbocycles. The molecule has 0 saturated carbocycles. The average Bonchev–Trinajstić information content (AvgIpc) is 3.20. The minimum absolute atomic E-state index is 0.0653. The van der Waals surface area contributed by atoms with Crippen molar-refractivity contribution in [3.05, 3.63) is 29.8 Å². The number of halogens is 2. The number of likely N-dealkylation sites (tertiary alicyclic amines) is 1. The molecule has 1 N–H and O–H groups in total. The molecular weight excluding hydrogens is 392 g/mol. The largest absolute Gasteiger partial charge is 0.444 e. The van der Waals surface area contributed by atoms with Gasteiger partial charge >= 0.3 is 12.0 Å². The van der Waals surface area contributed by atoms with Crippen molar-refractivity contribution in [1.29, 1.82) is 0 Å². The number of rotatable bonds is 4. The third-order valence-corrected chi connectivity index (χ3v) is 4.82. The van der Waals surface area contributed by atoms with Gasteiger partial charge in [-0.05, 0) is 46.2 Å². The molecule has 7 nitrogen and oxygen atoms in total. The van der Waals surface area contributed by atoms with Gasteiger partial charge in [0.1, 0.15) is 11.4 Å². The van der Waals surface area contributed by atoms with E-state index in [1.54, 1.807) is 24.2 Å². The number of pyridine rings is 1. The van der Waals surface area contributed by atoms with Gasteiger partial charge in [0.15, 0.2) is 5.82 Å². The van der Waals surface area contributed by atoms with E-state index in [9.17, 15) is 13.6 Å². The lowest BCUT2D eigenvalue weighted by Gasteiger charge is -2.24. The summed E-state index contributed by atoms with van der Waals surface area (Å²) >= 11 is 0. The normalized spacial score (nSPS) is 17.3. The van der Waals surface area contributed by atoms with Gasteiger partial charge in [0, 0.05) is 50.6 Å². The summed E-state index contributed by atoms with van der Waals surface area (Å²) in [4.78, 5) is 22.6. The third-order valence-electron chi connectivity index (χ3n) is 4.82. The number of ether oxygens (including phenoxy) is 1. The van der Waals surface area contributed by atoms with Gasteiger partial charge in [0.25, 0.3) is 0 Å². The molecule has 1 aliphatic rings.